The van der Waals surface area contributed by atoms with E-state index in [0.717, 1.165) is 12.8 Å². The summed E-state index contributed by atoms with van der Waals surface area (Å²) in [6.45, 7) is 5.65. The number of phenols is 1. The van der Waals surface area contributed by atoms with Gasteiger partial charge in [0.2, 0.25) is 12.3 Å². The molecule has 0 spiro atoms. The van der Waals surface area contributed by atoms with Crippen molar-refractivity contribution in [2.75, 3.05) is 51.3 Å². The number of nitrogens with zero attached hydrogens (tertiary/aromatic N) is 5. The van der Waals surface area contributed by atoms with E-state index in [1.807, 2.05) is 16.8 Å². The smallest absolute Gasteiger partial charge is 0.319 e. The van der Waals surface area contributed by atoms with Crippen LogP contribution in [0.2, 0.25) is 0 Å². The Bertz CT molecular complexity index is 1960. The number of nitrogens with one attached hydrogen (secondary N) is 1. The summed E-state index contributed by atoms with van der Waals surface area (Å²) in [6, 6.07) is 5.52. The molecule has 258 valence electrons. The fourth-order valence-corrected chi connectivity index (χ4v) is 7.87. The maximum absolute atomic E-state index is 17.1. The molecular weight excluding hydrogens is 640 g/mol. The predicted molar refractivity (Wildman–Crippen MR) is 178 cm³/mol. The van der Waals surface area contributed by atoms with Gasteiger partial charge < -0.3 is 29.7 Å². The molecule has 2 N–H and O–H groups in total. The Morgan fingerprint density at radius 1 is 1.08 bits per heavy atom. The Balaban J connectivity index is 1.44. The number of halogens is 4. The lowest BCUT2D eigenvalue weighted by Gasteiger charge is -2.44. The van der Waals surface area contributed by atoms with Crippen molar-refractivity contribution in [3.63, 3.8) is 0 Å². The van der Waals surface area contributed by atoms with Crippen LogP contribution in [0.3, 0.4) is 0 Å². The Kier molecular flexibility index (Phi) is 8.65. The van der Waals surface area contributed by atoms with Gasteiger partial charge in [0.15, 0.2) is 5.82 Å². The molecule has 2 aromatic carbocycles. The Morgan fingerprint density at radius 2 is 1.84 bits per heavy atom. The molecule has 13 heteroatoms. The number of phenolic OH excluding ortho intramolecular Hbond substituents is 1. The van der Waals surface area contributed by atoms with Crippen LogP contribution in [0.4, 0.5) is 23.4 Å². The van der Waals surface area contributed by atoms with Crippen LogP contribution in [0.15, 0.2) is 24.3 Å². The number of alkyl halides is 2. The number of terminal acetylenes is 1. The van der Waals surface area contributed by atoms with Crippen molar-refractivity contribution in [2.24, 2.45) is 11.3 Å². The molecule has 3 aliphatic rings. The van der Waals surface area contributed by atoms with Crippen molar-refractivity contribution in [1.29, 1.82) is 0 Å². The van der Waals surface area contributed by atoms with E-state index < -0.39 is 29.4 Å². The molecule has 4 aromatic rings. The zero-order valence-electron chi connectivity index (χ0n) is 27.6. The number of piperidine rings is 1. The SMILES string of the molecule is C#Cc1c(F)ccc2cc(O)cc(-c3nc(OCC)c4c(N5C[C@H]6CC[C@@H](C5)N6)nc(OC[C@]5(C)CN(C)CC[C@@H]5C(F)F)nc4c3F)c12. The zero-order valence-corrected chi connectivity index (χ0v) is 27.6. The molecule has 3 fully saturated rings. The molecule has 0 amide bonds. The quantitative estimate of drug-likeness (QED) is 0.179. The maximum Gasteiger partial charge on any atom is 0.319 e. The molecule has 2 aromatic heterocycles. The summed E-state index contributed by atoms with van der Waals surface area (Å²) in [4.78, 5) is 17.9. The van der Waals surface area contributed by atoms with Crippen LogP contribution in [0.1, 0.15) is 38.7 Å². The number of benzene rings is 2. The van der Waals surface area contributed by atoms with E-state index in [9.17, 15) is 18.3 Å². The predicted octanol–water partition coefficient (Wildman–Crippen LogP) is 5.75. The van der Waals surface area contributed by atoms with Crippen molar-refractivity contribution in [1.82, 2.24) is 25.2 Å². The average molecular weight is 679 g/mol. The number of rotatable bonds is 8. The van der Waals surface area contributed by atoms with Crippen molar-refractivity contribution < 1.29 is 32.1 Å². The third-order valence-corrected chi connectivity index (χ3v) is 10.1. The molecule has 0 radical (unpaired) electrons. The van der Waals surface area contributed by atoms with Crippen molar-refractivity contribution in [3.05, 3.63) is 41.5 Å². The van der Waals surface area contributed by atoms with Gasteiger partial charge in [-0.05, 0) is 63.4 Å². The van der Waals surface area contributed by atoms with Crippen LogP contribution >= 0.6 is 0 Å². The first-order chi connectivity index (χ1) is 23.5. The topological polar surface area (TPSA) is 95.9 Å². The van der Waals surface area contributed by atoms with Crippen LogP contribution in [-0.4, -0.2) is 89.9 Å². The minimum Gasteiger partial charge on any atom is -0.508 e. The molecule has 0 saturated carbocycles. The molecule has 0 unspecified atom stereocenters. The van der Waals surface area contributed by atoms with Gasteiger partial charge in [-0.1, -0.05) is 18.9 Å². The van der Waals surface area contributed by atoms with Crippen LogP contribution in [0.25, 0.3) is 32.9 Å². The highest BCUT2D eigenvalue weighted by Crippen LogP contribution is 2.44. The molecular formula is C36H38F4N6O3. The number of hydrogen-bond donors (Lipinski definition) is 2. The second kappa shape index (κ2) is 12.8. The van der Waals surface area contributed by atoms with Crippen LogP contribution in [0, 0.1) is 35.3 Å². The summed E-state index contributed by atoms with van der Waals surface area (Å²) in [5.41, 5.74) is -1.44. The van der Waals surface area contributed by atoms with Crippen molar-refractivity contribution in [3.8, 4) is 41.2 Å². The van der Waals surface area contributed by atoms with Gasteiger partial charge in [-0.2, -0.15) is 9.97 Å². The van der Waals surface area contributed by atoms with Gasteiger partial charge in [-0.15, -0.1) is 6.42 Å². The fraction of sp³-hybridized carbons (Fsp3) is 0.472. The second-order valence-corrected chi connectivity index (χ2v) is 13.7. The summed E-state index contributed by atoms with van der Waals surface area (Å²) in [6.07, 6.45) is 5.43. The van der Waals surface area contributed by atoms with E-state index in [1.54, 1.807) is 13.8 Å². The average Bonchev–Trinajstić information content (AvgIpc) is 3.41. The highest BCUT2D eigenvalue weighted by Gasteiger charge is 2.45. The summed E-state index contributed by atoms with van der Waals surface area (Å²) in [5, 5.41) is 15.0. The van der Waals surface area contributed by atoms with Crippen LogP contribution in [0.5, 0.6) is 17.6 Å². The zero-order chi connectivity index (χ0) is 34.6. The number of ether oxygens (including phenoxy) is 2. The number of piperazine rings is 1. The van der Waals surface area contributed by atoms with Crippen molar-refractivity contribution >= 4 is 27.5 Å². The van der Waals surface area contributed by atoms with Gasteiger partial charge in [0, 0.05) is 54.0 Å². The highest BCUT2D eigenvalue weighted by molar-refractivity contribution is 6.04. The lowest BCUT2D eigenvalue weighted by molar-refractivity contribution is -0.0679. The Hall–Kier alpha value is -4.41. The minimum absolute atomic E-state index is 0.0371. The number of likely N-dealkylation sites (tertiary alicyclic amines) is 1. The monoisotopic (exact) mass is 678 g/mol. The summed E-state index contributed by atoms with van der Waals surface area (Å²) in [7, 11) is 1.88. The lowest BCUT2D eigenvalue weighted by Crippen LogP contribution is -2.51. The molecule has 0 aliphatic carbocycles. The van der Waals surface area contributed by atoms with E-state index in [-0.39, 0.29) is 76.0 Å². The number of aromatic nitrogens is 3. The van der Waals surface area contributed by atoms with Gasteiger partial charge >= 0.3 is 6.01 Å². The molecule has 7 rings (SSSR count). The van der Waals surface area contributed by atoms with E-state index in [4.69, 9.17) is 20.9 Å². The van der Waals surface area contributed by atoms with Gasteiger partial charge in [0.25, 0.3) is 0 Å². The number of aromatic hydroxyl groups is 1. The molecule has 3 saturated heterocycles. The fourth-order valence-electron chi connectivity index (χ4n) is 7.87. The number of hydrogen-bond acceptors (Lipinski definition) is 9. The molecule has 9 nitrogen and oxygen atoms in total. The van der Waals surface area contributed by atoms with E-state index in [1.165, 1.54) is 24.3 Å². The normalized spacial score (nSPS) is 24.1. The Morgan fingerprint density at radius 3 is 2.53 bits per heavy atom. The summed E-state index contributed by atoms with van der Waals surface area (Å²) in [5.74, 6) is 0.0469. The first-order valence-corrected chi connectivity index (χ1v) is 16.6. The van der Waals surface area contributed by atoms with Crippen LogP contribution < -0.4 is 19.7 Å². The largest absolute Gasteiger partial charge is 0.508 e. The van der Waals surface area contributed by atoms with E-state index in [2.05, 4.69) is 21.2 Å². The second-order valence-electron chi connectivity index (χ2n) is 13.7. The third-order valence-electron chi connectivity index (χ3n) is 10.1. The molecule has 5 heterocycles. The maximum atomic E-state index is 17.1. The number of pyridine rings is 1. The Labute approximate surface area is 281 Å². The standard InChI is InChI=1S/C36H38F4N6O3/c1-5-23-26(37)10-7-19-13-22(47)14-24(27(19)23)30-29(38)31-28(34(42-30)48-6-2)33(46-15-20-8-9-21(16-46)41-20)44-35(43-31)49-18-36(3)17-45(4)12-11-25(36)32(39)40/h1,7,10,13-14,20-21,25,32,41,47H,6,8-9,11-12,15-18H2,2-4H3/t20-,21+,25-,36+/m1/s1. The van der Waals surface area contributed by atoms with Crippen LogP contribution in [-0.2, 0) is 0 Å². The molecule has 4 atom stereocenters. The van der Waals surface area contributed by atoms with Gasteiger partial charge in [0.1, 0.15) is 34.0 Å². The molecule has 2 bridgehead atoms. The first kappa shape index (κ1) is 33.1. The lowest BCUT2D eigenvalue weighted by atomic mass is 9.73. The first-order valence-electron chi connectivity index (χ1n) is 16.6. The van der Waals surface area contributed by atoms with Gasteiger partial charge in [0.05, 0.1) is 18.8 Å². The van der Waals surface area contributed by atoms with E-state index >= 15 is 4.39 Å². The summed E-state index contributed by atoms with van der Waals surface area (Å²) < 4.78 is 72.7. The number of fused-ring (bicyclic) bond motifs is 4. The highest BCUT2D eigenvalue weighted by atomic mass is 19.3. The summed E-state index contributed by atoms with van der Waals surface area (Å²) >= 11 is 0. The number of anilines is 1. The van der Waals surface area contributed by atoms with Crippen molar-refractivity contribution in [2.45, 2.75) is 51.6 Å². The third kappa shape index (κ3) is 5.95. The van der Waals surface area contributed by atoms with Gasteiger partial charge in [-0.25, -0.2) is 22.5 Å². The minimum atomic E-state index is -2.54. The molecule has 49 heavy (non-hydrogen) atoms. The van der Waals surface area contributed by atoms with E-state index in [0.29, 0.717) is 43.8 Å². The van der Waals surface area contributed by atoms with Gasteiger partial charge in [-0.3, -0.25) is 0 Å². The molecule has 3 aliphatic heterocycles.